The fourth-order valence-corrected chi connectivity index (χ4v) is 5.15. The van der Waals surface area contributed by atoms with Crippen LogP contribution in [0, 0.1) is 13.8 Å². The zero-order valence-electron chi connectivity index (χ0n) is 18.6. The highest BCUT2D eigenvalue weighted by Gasteiger charge is 2.26. The van der Waals surface area contributed by atoms with Crippen molar-refractivity contribution in [2.75, 3.05) is 4.31 Å². The van der Waals surface area contributed by atoms with E-state index < -0.39 is 10.0 Å². The second-order valence-electron chi connectivity index (χ2n) is 7.82. The Bertz CT molecular complexity index is 1380. The summed E-state index contributed by atoms with van der Waals surface area (Å²) in [7, 11) is -3.89. The first kappa shape index (κ1) is 22.4. The maximum atomic E-state index is 13.5. The van der Waals surface area contributed by atoms with Crippen LogP contribution < -0.4 is 4.31 Å². The van der Waals surface area contributed by atoms with Crippen LogP contribution in [0.1, 0.15) is 34.1 Å². The van der Waals surface area contributed by atoms with Gasteiger partial charge in [0, 0.05) is 5.56 Å². The molecule has 0 N–H and O–H groups in total. The van der Waals surface area contributed by atoms with Crippen molar-refractivity contribution in [3.63, 3.8) is 0 Å². The Kier molecular flexibility index (Phi) is 6.11. The third kappa shape index (κ3) is 4.56. The van der Waals surface area contributed by atoms with Gasteiger partial charge in [0.05, 0.1) is 29.0 Å². The van der Waals surface area contributed by atoms with E-state index in [1.807, 2.05) is 32.0 Å². The average Bonchev–Trinajstić information content (AvgIpc) is 3.26. The number of nitrogens with zero attached hydrogens (tertiary/aromatic N) is 4. The summed E-state index contributed by atoms with van der Waals surface area (Å²) >= 11 is 0. The highest BCUT2D eigenvalue weighted by molar-refractivity contribution is 7.92. The normalized spacial score (nSPS) is 11.4. The molecule has 0 saturated carbocycles. The first-order valence-corrected chi connectivity index (χ1v) is 11.9. The number of carbonyl (C=O) groups excluding carboxylic acids is 1. The minimum absolute atomic E-state index is 0.0123. The van der Waals surface area contributed by atoms with Gasteiger partial charge >= 0.3 is 0 Å². The molecule has 3 aromatic carbocycles. The lowest BCUT2D eigenvalue weighted by Gasteiger charge is -2.23. The molecule has 0 radical (unpaired) electrons. The second-order valence-corrected chi connectivity index (χ2v) is 9.68. The number of aryl methyl sites for hydroxylation is 2. The molecule has 0 spiro atoms. The summed E-state index contributed by atoms with van der Waals surface area (Å²) in [4.78, 5) is 11.8. The van der Waals surface area contributed by atoms with Gasteiger partial charge in [-0.05, 0) is 68.3 Å². The number of ketones is 1. The zero-order valence-corrected chi connectivity index (χ0v) is 19.5. The molecule has 4 rings (SSSR count). The highest BCUT2D eigenvalue weighted by atomic mass is 32.2. The second kappa shape index (κ2) is 8.99. The van der Waals surface area contributed by atoms with E-state index in [1.165, 1.54) is 11.2 Å². The lowest BCUT2D eigenvalue weighted by Crippen LogP contribution is -2.30. The summed E-state index contributed by atoms with van der Waals surface area (Å²) in [6, 6.07) is 20.7. The standard InChI is InChI=1S/C25H24N4O3S/c1-18-8-7-9-19(2)25(18)28-16-22(26-27-28)17-29(23-14-12-21(13-15-23)20(3)30)33(31,32)24-10-5-4-6-11-24/h4-16H,17H2,1-3H3. The molecular weight excluding hydrogens is 436 g/mol. The Labute approximate surface area is 193 Å². The maximum absolute atomic E-state index is 13.5. The van der Waals surface area contributed by atoms with Gasteiger partial charge in [0.25, 0.3) is 10.0 Å². The van der Waals surface area contributed by atoms with Crippen LogP contribution in [0.2, 0.25) is 0 Å². The molecule has 8 heteroatoms. The Hall–Kier alpha value is -3.78. The van der Waals surface area contributed by atoms with Crippen LogP contribution in [0.4, 0.5) is 5.69 Å². The largest absolute Gasteiger partial charge is 0.295 e. The van der Waals surface area contributed by atoms with E-state index >= 15 is 0 Å². The molecule has 0 aliphatic carbocycles. The van der Waals surface area contributed by atoms with Crippen molar-refractivity contribution in [1.29, 1.82) is 0 Å². The molecule has 0 unspecified atom stereocenters. The molecule has 0 atom stereocenters. The molecule has 4 aromatic rings. The molecular formula is C25H24N4O3S. The minimum Gasteiger partial charge on any atom is -0.295 e. The fraction of sp³-hybridized carbons (Fsp3) is 0.160. The van der Waals surface area contributed by atoms with E-state index in [4.69, 9.17) is 0 Å². The molecule has 33 heavy (non-hydrogen) atoms. The number of para-hydroxylation sites is 1. The predicted octanol–water partition coefficient (Wildman–Crippen LogP) is 4.48. The molecule has 0 aliphatic heterocycles. The van der Waals surface area contributed by atoms with Crippen molar-refractivity contribution in [3.8, 4) is 5.69 Å². The van der Waals surface area contributed by atoms with Crippen molar-refractivity contribution in [1.82, 2.24) is 15.0 Å². The van der Waals surface area contributed by atoms with Gasteiger partial charge < -0.3 is 0 Å². The molecule has 1 aromatic heterocycles. The Morgan fingerprint density at radius 1 is 0.909 bits per heavy atom. The van der Waals surface area contributed by atoms with Crippen molar-refractivity contribution in [2.24, 2.45) is 0 Å². The average molecular weight is 461 g/mol. The summed E-state index contributed by atoms with van der Waals surface area (Å²) in [5.41, 5.74) is 4.44. The van der Waals surface area contributed by atoms with Crippen molar-refractivity contribution < 1.29 is 13.2 Å². The summed E-state index contributed by atoms with van der Waals surface area (Å²) in [6.07, 6.45) is 1.74. The van der Waals surface area contributed by atoms with E-state index in [-0.39, 0.29) is 17.2 Å². The number of rotatable bonds is 7. The van der Waals surface area contributed by atoms with Gasteiger partial charge in [-0.2, -0.15) is 0 Å². The molecule has 0 fully saturated rings. The van der Waals surface area contributed by atoms with Crippen LogP contribution in [0.5, 0.6) is 0 Å². The first-order chi connectivity index (χ1) is 15.8. The summed E-state index contributed by atoms with van der Waals surface area (Å²) in [5, 5.41) is 8.49. The maximum Gasteiger partial charge on any atom is 0.264 e. The van der Waals surface area contributed by atoms with Crippen LogP contribution >= 0.6 is 0 Å². The van der Waals surface area contributed by atoms with Crippen molar-refractivity contribution in [3.05, 3.63) is 101 Å². The monoisotopic (exact) mass is 460 g/mol. The van der Waals surface area contributed by atoms with Gasteiger partial charge in [0.2, 0.25) is 0 Å². The van der Waals surface area contributed by atoms with Gasteiger partial charge in [0.1, 0.15) is 5.69 Å². The Morgan fingerprint density at radius 2 is 1.55 bits per heavy atom. The van der Waals surface area contributed by atoms with E-state index in [0.717, 1.165) is 16.8 Å². The number of anilines is 1. The van der Waals surface area contributed by atoms with Gasteiger partial charge in [-0.3, -0.25) is 9.10 Å². The minimum atomic E-state index is -3.89. The third-order valence-electron chi connectivity index (χ3n) is 5.41. The number of hydrogen-bond acceptors (Lipinski definition) is 5. The van der Waals surface area contributed by atoms with Crippen LogP contribution in [0.3, 0.4) is 0 Å². The first-order valence-electron chi connectivity index (χ1n) is 10.4. The number of benzene rings is 3. The van der Waals surface area contributed by atoms with Gasteiger partial charge in [-0.15, -0.1) is 5.10 Å². The molecule has 168 valence electrons. The number of sulfonamides is 1. The zero-order chi connectivity index (χ0) is 23.6. The van der Waals surface area contributed by atoms with Crippen molar-refractivity contribution >= 4 is 21.5 Å². The highest BCUT2D eigenvalue weighted by Crippen LogP contribution is 2.26. The molecule has 0 aliphatic rings. The number of carbonyl (C=O) groups is 1. The summed E-state index contributed by atoms with van der Waals surface area (Å²) in [6.45, 7) is 5.44. The van der Waals surface area contributed by atoms with Crippen LogP contribution in [0.25, 0.3) is 5.69 Å². The molecule has 0 bridgehead atoms. The van der Waals surface area contributed by atoms with Crippen LogP contribution in [0.15, 0.2) is 83.9 Å². The quantitative estimate of drug-likeness (QED) is 0.380. The summed E-state index contributed by atoms with van der Waals surface area (Å²) < 4.78 is 30.0. The topological polar surface area (TPSA) is 85.2 Å². The fourth-order valence-electron chi connectivity index (χ4n) is 3.69. The Morgan fingerprint density at radius 3 is 2.15 bits per heavy atom. The van der Waals surface area contributed by atoms with Gasteiger partial charge in [0.15, 0.2) is 5.78 Å². The predicted molar refractivity (Wildman–Crippen MR) is 127 cm³/mol. The van der Waals surface area contributed by atoms with E-state index in [0.29, 0.717) is 16.9 Å². The molecule has 1 heterocycles. The lowest BCUT2D eigenvalue weighted by atomic mass is 10.1. The smallest absolute Gasteiger partial charge is 0.264 e. The molecule has 7 nitrogen and oxygen atoms in total. The number of aromatic nitrogens is 3. The molecule has 0 amide bonds. The Balaban J connectivity index is 1.75. The van der Waals surface area contributed by atoms with Gasteiger partial charge in [-0.25, -0.2) is 13.1 Å². The third-order valence-corrected chi connectivity index (χ3v) is 7.20. The van der Waals surface area contributed by atoms with E-state index in [9.17, 15) is 13.2 Å². The van der Waals surface area contributed by atoms with Crippen molar-refractivity contribution in [2.45, 2.75) is 32.2 Å². The van der Waals surface area contributed by atoms with E-state index in [2.05, 4.69) is 10.3 Å². The SMILES string of the molecule is CC(=O)c1ccc(N(Cc2cn(-c3c(C)cccc3C)nn2)S(=O)(=O)c2ccccc2)cc1. The summed E-state index contributed by atoms with van der Waals surface area (Å²) in [5.74, 6) is -0.0874. The number of Topliss-reactive ketones (excluding diaryl/α,β-unsaturated/α-hetero) is 1. The number of hydrogen-bond donors (Lipinski definition) is 0. The van der Waals surface area contributed by atoms with Crippen LogP contribution in [-0.4, -0.2) is 29.2 Å². The van der Waals surface area contributed by atoms with Crippen LogP contribution in [-0.2, 0) is 16.6 Å². The lowest BCUT2D eigenvalue weighted by molar-refractivity contribution is 0.101. The van der Waals surface area contributed by atoms with Gasteiger partial charge in [-0.1, -0.05) is 41.6 Å². The molecule has 0 saturated heterocycles. The van der Waals surface area contributed by atoms with E-state index in [1.54, 1.807) is 65.5 Å².